The summed E-state index contributed by atoms with van der Waals surface area (Å²) in [6.07, 6.45) is 9.72. The van der Waals surface area contributed by atoms with Gasteiger partial charge in [0.25, 0.3) is 0 Å². The third-order valence-electron chi connectivity index (χ3n) is 3.44. The first-order valence-electron chi connectivity index (χ1n) is 6.97. The zero-order valence-corrected chi connectivity index (χ0v) is 14.7. The molecule has 1 heterocycles. The second-order valence-electron chi connectivity index (χ2n) is 4.81. The lowest BCUT2D eigenvalue weighted by atomic mass is 10.0. The van der Waals surface area contributed by atoms with Crippen LogP contribution in [0.3, 0.4) is 0 Å². The molecule has 0 aromatic heterocycles. The van der Waals surface area contributed by atoms with E-state index in [-0.39, 0.29) is 24.0 Å². The van der Waals surface area contributed by atoms with Crippen molar-refractivity contribution in [3.05, 3.63) is 41.5 Å². The Kier molecular flexibility index (Phi) is 7.91. The number of rotatable bonds is 2. The molecule has 21 heavy (non-hydrogen) atoms. The summed E-state index contributed by atoms with van der Waals surface area (Å²) in [7, 11) is 1.80. The van der Waals surface area contributed by atoms with E-state index in [1.807, 2.05) is 6.07 Å². The molecule has 0 radical (unpaired) electrons. The van der Waals surface area contributed by atoms with E-state index in [0.29, 0.717) is 6.54 Å². The number of terminal acetylenes is 1. The van der Waals surface area contributed by atoms with Gasteiger partial charge in [-0.2, -0.15) is 0 Å². The molecule has 3 nitrogen and oxygen atoms in total. The van der Waals surface area contributed by atoms with E-state index >= 15 is 0 Å². The summed E-state index contributed by atoms with van der Waals surface area (Å²) in [5.41, 5.74) is 2.78. The van der Waals surface area contributed by atoms with E-state index in [1.54, 1.807) is 7.05 Å². The summed E-state index contributed by atoms with van der Waals surface area (Å²) in [4.78, 5) is 6.54. The van der Waals surface area contributed by atoms with Crippen LogP contribution in [0.25, 0.3) is 6.08 Å². The number of hydrogen-bond acceptors (Lipinski definition) is 1. The first-order chi connectivity index (χ1) is 9.83. The molecule has 1 aliphatic rings. The fraction of sp³-hybridized carbons (Fsp3) is 0.353. The van der Waals surface area contributed by atoms with Crippen LogP contribution in [-0.2, 0) is 0 Å². The van der Waals surface area contributed by atoms with Crippen molar-refractivity contribution in [3.8, 4) is 12.3 Å². The molecule has 1 saturated heterocycles. The molecule has 0 spiro atoms. The molecule has 4 heteroatoms. The zero-order valence-electron chi connectivity index (χ0n) is 12.4. The third-order valence-corrected chi connectivity index (χ3v) is 3.44. The highest BCUT2D eigenvalue weighted by molar-refractivity contribution is 14.0. The zero-order chi connectivity index (χ0) is 14.2. The van der Waals surface area contributed by atoms with Crippen LogP contribution >= 0.6 is 24.0 Å². The fourth-order valence-electron chi connectivity index (χ4n) is 2.40. The molecule has 1 aromatic rings. The topological polar surface area (TPSA) is 27.6 Å². The summed E-state index contributed by atoms with van der Waals surface area (Å²) >= 11 is 0. The highest BCUT2D eigenvalue weighted by atomic mass is 127. The van der Waals surface area contributed by atoms with Crippen LogP contribution in [0.2, 0.25) is 0 Å². The lowest BCUT2D eigenvalue weighted by Gasteiger charge is -2.31. The third kappa shape index (κ3) is 5.43. The first-order valence-corrected chi connectivity index (χ1v) is 6.97. The van der Waals surface area contributed by atoms with Crippen molar-refractivity contribution in [3.63, 3.8) is 0 Å². The van der Waals surface area contributed by atoms with E-state index in [0.717, 1.165) is 31.9 Å². The maximum atomic E-state index is 5.27. The minimum absolute atomic E-state index is 0. The summed E-state index contributed by atoms with van der Waals surface area (Å²) in [5.74, 6) is 3.49. The molecule has 0 atom stereocenters. The summed E-state index contributed by atoms with van der Waals surface area (Å²) in [5, 5.41) is 3.17. The van der Waals surface area contributed by atoms with Gasteiger partial charge in [-0.05, 0) is 18.4 Å². The van der Waals surface area contributed by atoms with Gasteiger partial charge in [-0.15, -0.1) is 30.4 Å². The molecule has 1 aromatic carbocycles. The Hall–Kier alpha value is -1.48. The van der Waals surface area contributed by atoms with Crippen LogP contribution in [0.15, 0.2) is 40.9 Å². The molecule has 0 unspecified atom stereocenters. The molecule has 1 fully saturated rings. The van der Waals surface area contributed by atoms with E-state index in [4.69, 9.17) is 6.42 Å². The predicted molar refractivity (Wildman–Crippen MR) is 101 cm³/mol. The Morgan fingerprint density at radius 3 is 2.57 bits per heavy atom. The average Bonchev–Trinajstić information content (AvgIpc) is 2.50. The Labute approximate surface area is 144 Å². The highest BCUT2D eigenvalue weighted by Gasteiger charge is 2.16. The number of piperidine rings is 1. The second kappa shape index (κ2) is 9.46. The molecule has 2 rings (SSSR count). The van der Waals surface area contributed by atoms with Gasteiger partial charge in [0.1, 0.15) is 0 Å². The van der Waals surface area contributed by atoms with Crippen molar-refractivity contribution in [2.45, 2.75) is 12.8 Å². The second-order valence-corrected chi connectivity index (χ2v) is 4.81. The number of halogens is 1. The Balaban J connectivity index is 0.00000220. The van der Waals surface area contributed by atoms with Gasteiger partial charge in [-0.3, -0.25) is 4.99 Å². The largest absolute Gasteiger partial charge is 0.345 e. The first kappa shape index (κ1) is 17.6. The molecule has 0 bridgehead atoms. The van der Waals surface area contributed by atoms with E-state index in [2.05, 4.69) is 51.5 Å². The highest BCUT2D eigenvalue weighted by Crippen LogP contribution is 2.19. The quantitative estimate of drug-likeness (QED) is 0.361. The van der Waals surface area contributed by atoms with Gasteiger partial charge >= 0.3 is 0 Å². The van der Waals surface area contributed by atoms with Crippen LogP contribution < -0.4 is 5.32 Å². The molecule has 0 saturated carbocycles. The summed E-state index contributed by atoms with van der Waals surface area (Å²) in [6.45, 7) is 2.50. The number of nitrogens with zero attached hydrogens (tertiary/aromatic N) is 2. The number of benzene rings is 1. The van der Waals surface area contributed by atoms with Crippen LogP contribution in [0.5, 0.6) is 0 Å². The van der Waals surface area contributed by atoms with Gasteiger partial charge in [0.2, 0.25) is 0 Å². The van der Waals surface area contributed by atoms with Crippen LogP contribution in [0.4, 0.5) is 0 Å². The Morgan fingerprint density at radius 2 is 2.00 bits per heavy atom. The molecular weight excluding hydrogens is 373 g/mol. The SMILES string of the molecule is C#CCNC(=NC)N1CCC(=Cc2ccccc2)CC1.I. The van der Waals surface area contributed by atoms with Crippen molar-refractivity contribution >= 4 is 36.0 Å². The molecule has 1 N–H and O–H groups in total. The average molecular weight is 395 g/mol. The number of aliphatic imine (C=N–C) groups is 1. The smallest absolute Gasteiger partial charge is 0.194 e. The van der Waals surface area contributed by atoms with Gasteiger partial charge in [-0.25, -0.2) is 0 Å². The molecule has 1 aliphatic heterocycles. The molecule has 112 valence electrons. The van der Waals surface area contributed by atoms with Gasteiger partial charge in [0, 0.05) is 20.1 Å². The maximum Gasteiger partial charge on any atom is 0.194 e. The Bertz CT molecular complexity index is 519. The summed E-state index contributed by atoms with van der Waals surface area (Å²) in [6, 6.07) is 10.5. The number of nitrogens with one attached hydrogen (secondary N) is 1. The van der Waals surface area contributed by atoms with Crippen molar-refractivity contribution in [2.75, 3.05) is 26.7 Å². The normalized spacial score (nSPS) is 15.0. The molecule has 0 amide bonds. The standard InChI is InChI=1S/C17H21N3.HI/c1-3-11-19-17(18-2)20-12-9-16(10-13-20)14-15-7-5-4-6-8-15;/h1,4-8,14H,9-13H2,2H3,(H,18,19);1H. The lowest BCUT2D eigenvalue weighted by Crippen LogP contribution is -2.44. The molecule has 0 aliphatic carbocycles. The van der Waals surface area contributed by atoms with Crippen molar-refractivity contribution in [1.29, 1.82) is 0 Å². The van der Waals surface area contributed by atoms with E-state index in [9.17, 15) is 0 Å². The van der Waals surface area contributed by atoms with Crippen LogP contribution in [0.1, 0.15) is 18.4 Å². The van der Waals surface area contributed by atoms with E-state index in [1.165, 1.54) is 11.1 Å². The van der Waals surface area contributed by atoms with Crippen LogP contribution in [-0.4, -0.2) is 37.5 Å². The van der Waals surface area contributed by atoms with Crippen LogP contribution in [0, 0.1) is 12.3 Å². The lowest BCUT2D eigenvalue weighted by molar-refractivity contribution is 0.377. The van der Waals surface area contributed by atoms with Crippen molar-refractivity contribution < 1.29 is 0 Å². The Morgan fingerprint density at radius 1 is 1.33 bits per heavy atom. The minimum Gasteiger partial charge on any atom is -0.345 e. The van der Waals surface area contributed by atoms with Gasteiger partial charge in [-0.1, -0.05) is 47.9 Å². The van der Waals surface area contributed by atoms with E-state index < -0.39 is 0 Å². The van der Waals surface area contributed by atoms with Crippen molar-refractivity contribution in [1.82, 2.24) is 10.2 Å². The molecular formula is C17H22IN3. The minimum atomic E-state index is 0. The number of hydrogen-bond donors (Lipinski definition) is 1. The van der Waals surface area contributed by atoms with Gasteiger partial charge in [0.05, 0.1) is 6.54 Å². The maximum absolute atomic E-state index is 5.27. The van der Waals surface area contributed by atoms with Gasteiger partial charge in [0.15, 0.2) is 5.96 Å². The number of likely N-dealkylation sites (tertiary alicyclic amines) is 1. The fourth-order valence-corrected chi connectivity index (χ4v) is 2.40. The predicted octanol–water partition coefficient (Wildman–Crippen LogP) is 2.99. The summed E-state index contributed by atoms with van der Waals surface area (Å²) < 4.78 is 0. The van der Waals surface area contributed by atoms with Gasteiger partial charge < -0.3 is 10.2 Å². The number of guanidine groups is 1. The van der Waals surface area contributed by atoms with Crippen molar-refractivity contribution in [2.24, 2.45) is 4.99 Å². The monoisotopic (exact) mass is 395 g/mol.